The molecule has 32 heavy (non-hydrogen) atoms. The lowest BCUT2D eigenvalue weighted by Crippen LogP contribution is -2.53. The maximum absolute atomic E-state index is 12.9. The third kappa shape index (κ3) is 6.10. The first kappa shape index (κ1) is 24.7. The van der Waals surface area contributed by atoms with Crippen LogP contribution in [0.15, 0.2) is 29.2 Å². The number of amides is 2. The number of nitrogens with one attached hydrogen (secondary N) is 1. The fraction of sp³-hybridized carbons (Fsp3) is 0.632. The minimum atomic E-state index is -3.67. The first-order valence-electron chi connectivity index (χ1n) is 10.6. The number of benzene rings is 1. The average Bonchev–Trinajstić information content (AvgIpc) is 2.80. The van der Waals surface area contributed by atoms with Crippen LogP contribution in [0.25, 0.3) is 0 Å². The number of morpholine rings is 1. The second kappa shape index (κ2) is 10.8. The molecule has 13 heteroatoms. The smallest absolute Gasteiger partial charge is 0.317 e. The molecule has 0 bridgehead atoms. The van der Waals surface area contributed by atoms with Gasteiger partial charge in [-0.2, -0.15) is 8.61 Å². The van der Waals surface area contributed by atoms with Gasteiger partial charge in [0.15, 0.2) is 0 Å². The molecule has 2 amide bonds. The Morgan fingerprint density at radius 3 is 2.19 bits per heavy atom. The second-order valence-corrected chi connectivity index (χ2v) is 11.4. The molecule has 0 aromatic heterocycles. The monoisotopic (exact) mass is 490 g/mol. The van der Waals surface area contributed by atoms with Crippen LogP contribution in [0.1, 0.15) is 6.92 Å². The van der Waals surface area contributed by atoms with E-state index in [1.165, 1.54) is 25.6 Å². The van der Waals surface area contributed by atoms with Crippen LogP contribution in [0.4, 0.5) is 4.79 Å². The van der Waals surface area contributed by atoms with Gasteiger partial charge in [-0.1, -0.05) is 0 Å². The van der Waals surface area contributed by atoms with Crippen LogP contribution in [0.2, 0.25) is 0 Å². The lowest BCUT2D eigenvalue weighted by atomic mass is 10.3. The summed E-state index contributed by atoms with van der Waals surface area (Å²) in [7, 11) is -7.12. The predicted molar refractivity (Wildman–Crippen MR) is 118 cm³/mol. The fourth-order valence-corrected chi connectivity index (χ4v) is 6.25. The van der Waals surface area contributed by atoms with Crippen LogP contribution in [0.3, 0.4) is 0 Å². The summed E-state index contributed by atoms with van der Waals surface area (Å²) in [6.07, 6.45) is 0. The summed E-state index contributed by atoms with van der Waals surface area (Å²) in [5.41, 5.74) is 0. The zero-order valence-electron chi connectivity index (χ0n) is 18.1. The minimum Gasteiger partial charge on any atom is -0.494 e. The standard InChI is InChI=1S/C19H30N4O7S2/c1-2-30-17-3-5-18(6-4-17)32(27,28)23-10-8-21(9-11-23)19(24)20-7-16-31(25,26)22-12-14-29-15-13-22/h3-6H,2,7-16H2,1H3,(H,20,24). The first-order chi connectivity index (χ1) is 15.2. The molecule has 2 aliphatic heterocycles. The van der Waals surface area contributed by atoms with Crippen molar-refractivity contribution in [2.45, 2.75) is 11.8 Å². The molecule has 2 saturated heterocycles. The maximum Gasteiger partial charge on any atom is 0.317 e. The summed E-state index contributed by atoms with van der Waals surface area (Å²) in [5.74, 6) is 0.411. The van der Waals surface area contributed by atoms with E-state index in [1.54, 1.807) is 12.1 Å². The zero-order chi connectivity index (χ0) is 23.2. The molecule has 0 radical (unpaired) electrons. The van der Waals surface area contributed by atoms with E-state index < -0.39 is 26.1 Å². The Morgan fingerprint density at radius 2 is 1.59 bits per heavy atom. The third-order valence-corrected chi connectivity index (χ3v) is 9.08. The van der Waals surface area contributed by atoms with Crippen molar-refractivity contribution >= 4 is 26.1 Å². The number of hydrogen-bond acceptors (Lipinski definition) is 7. The molecule has 11 nitrogen and oxygen atoms in total. The van der Waals surface area contributed by atoms with Crippen molar-refractivity contribution in [1.82, 2.24) is 18.8 Å². The van der Waals surface area contributed by atoms with Gasteiger partial charge in [0.1, 0.15) is 5.75 Å². The molecular weight excluding hydrogens is 460 g/mol. The number of piperazine rings is 1. The van der Waals surface area contributed by atoms with Crippen molar-refractivity contribution < 1.29 is 31.1 Å². The highest BCUT2D eigenvalue weighted by molar-refractivity contribution is 7.89. The Morgan fingerprint density at radius 1 is 0.969 bits per heavy atom. The largest absolute Gasteiger partial charge is 0.494 e. The van der Waals surface area contributed by atoms with Gasteiger partial charge in [-0.3, -0.25) is 0 Å². The summed E-state index contributed by atoms with van der Waals surface area (Å²) < 4.78 is 63.5. The van der Waals surface area contributed by atoms with Gasteiger partial charge < -0.3 is 19.7 Å². The Hall–Kier alpha value is -1.93. The maximum atomic E-state index is 12.9. The zero-order valence-corrected chi connectivity index (χ0v) is 19.7. The SMILES string of the molecule is CCOc1ccc(S(=O)(=O)N2CCN(C(=O)NCCS(=O)(=O)N3CCOCC3)CC2)cc1. The topological polar surface area (TPSA) is 126 Å². The summed E-state index contributed by atoms with van der Waals surface area (Å²) >= 11 is 0. The molecule has 2 aliphatic rings. The van der Waals surface area contributed by atoms with E-state index in [4.69, 9.17) is 9.47 Å². The van der Waals surface area contributed by atoms with E-state index in [2.05, 4.69) is 5.32 Å². The van der Waals surface area contributed by atoms with E-state index >= 15 is 0 Å². The molecule has 0 spiro atoms. The molecule has 1 aromatic carbocycles. The van der Waals surface area contributed by atoms with Crippen LogP contribution >= 0.6 is 0 Å². The number of sulfonamides is 2. The van der Waals surface area contributed by atoms with E-state index in [0.29, 0.717) is 38.7 Å². The number of carbonyl (C=O) groups excluding carboxylic acids is 1. The molecule has 2 fully saturated rings. The van der Waals surface area contributed by atoms with Crippen molar-refractivity contribution in [3.8, 4) is 5.75 Å². The first-order valence-corrected chi connectivity index (χ1v) is 13.6. The molecule has 0 aliphatic carbocycles. The van der Waals surface area contributed by atoms with Crippen LogP contribution in [0.5, 0.6) is 5.75 Å². The third-order valence-electron chi connectivity index (χ3n) is 5.30. The molecular formula is C19H30N4O7S2. The molecule has 3 rings (SSSR count). The normalized spacial score (nSPS) is 19.0. The van der Waals surface area contributed by atoms with E-state index in [9.17, 15) is 21.6 Å². The van der Waals surface area contributed by atoms with E-state index in [-0.39, 0.29) is 43.4 Å². The van der Waals surface area contributed by atoms with Crippen LogP contribution in [-0.4, -0.2) is 108 Å². The summed E-state index contributed by atoms with van der Waals surface area (Å²) in [4.78, 5) is 14.1. The van der Waals surface area contributed by atoms with Gasteiger partial charge in [0.05, 0.1) is 30.5 Å². The Kier molecular flexibility index (Phi) is 8.33. The number of nitrogens with zero attached hydrogens (tertiary/aromatic N) is 3. The van der Waals surface area contributed by atoms with Crippen LogP contribution in [-0.2, 0) is 24.8 Å². The Labute approximate surface area is 189 Å². The van der Waals surface area contributed by atoms with Gasteiger partial charge in [-0.25, -0.2) is 21.6 Å². The van der Waals surface area contributed by atoms with Crippen LogP contribution < -0.4 is 10.1 Å². The highest BCUT2D eigenvalue weighted by Crippen LogP contribution is 2.21. The van der Waals surface area contributed by atoms with Crippen molar-refractivity contribution in [3.05, 3.63) is 24.3 Å². The van der Waals surface area contributed by atoms with Gasteiger partial charge >= 0.3 is 6.03 Å². The summed E-state index contributed by atoms with van der Waals surface area (Å²) in [6, 6.07) is 5.85. The molecule has 0 unspecified atom stereocenters. The second-order valence-electron chi connectivity index (χ2n) is 7.35. The number of rotatable bonds is 8. The van der Waals surface area contributed by atoms with E-state index in [0.717, 1.165) is 0 Å². The number of urea groups is 1. The highest BCUT2D eigenvalue weighted by atomic mass is 32.2. The summed E-state index contributed by atoms with van der Waals surface area (Å²) in [5, 5.41) is 2.62. The molecule has 2 heterocycles. The Bertz CT molecular complexity index is 969. The van der Waals surface area contributed by atoms with Gasteiger partial charge in [0, 0.05) is 45.8 Å². The van der Waals surface area contributed by atoms with Gasteiger partial charge in [-0.05, 0) is 31.2 Å². The predicted octanol–water partition coefficient (Wildman–Crippen LogP) is -0.237. The molecule has 1 aromatic rings. The van der Waals surface area contributed by atoms with E-state index in [1.807, 2.05) is 6.92 Å². The van der Waals surface area contributed by atoms with Crippen LogP contribution in [0, 0.1) is 0 Å². The molecule has 180 valence electrons. The Balaban J connectivity index is 1.46. The van der Waals surface area contributed by atoms with Crippen molar-refractivity contribution in [2.75, 3.05) is 71.4 Å². The number of ether oxygens (including phenoxy) is 2. The van der Waals surface area contributed by atoms with Gasteiger partial charge in [0.25, 0.3) is 0 Å². The number of carbonyl (C=O) groups is 1. The fourth-order valence-electron chi connectivity index (χ4n) is 3.51. The van der Waals surface area contributed by atoms with Gasteiger partial charge in [0.2, 0.25) is 20.0 Å². The quantitative estimate of drug-likeness (QED) is 0.533. The lowest BCUT2D eigenvalue weighted by molar-refractivity contribution is 0.0730. The lowest BCUT2D eigenvalue weighted by Gasteiger charge is -2.34. The molecule has 1 N–H and O–H groups in total. The highest BCUT2D eigenvalue weighted by Gasteiger charge is 2.30. The van der Waals surface area contributed by atoms with Crippen molar-refractivity contribution in [2.24, 2.45) is 0 Å². The van der Waals surface area contributed by atoms with Crippen molar-refractivity contribution in [1.29, 1.82) is 0 Å². The minimum absolute atomic E-state index is 0.0107. The molecule has 0 atom stereocenters. The number of hydrogen-bond donors (Lipinski definition) is 1. The van der Waals surface area contributed by atoms with Gasteiger partial charge in [-0.15, -0.1) is 0 Å². The average molecular weight is 491 g/mol. The summed E-state index contributed by atoms with van der Waals surface area (Å²) in [6.45, 7) is 4.48. The molecule has 0 saturated carbocycles. The van der Waals surface area contributed by atoms with Crippen molar-refractivity contribution in [3.63, 3.8) is 0 Å².